The molecule has 2 N–H and O–H groups in total. The molecule has 0 fully saturated rings. The van der Waals surface area contributed by atoms with E-state index in [0.29, 0.717) is 26.1 Å². The van der Waals surface area contributed by atoms with Gasteiger partial charge in [-0.15, -0.1) is 0 Å². The van der Waals surface area contributed by atoms with Crippen molar-refractivity contribution in [2.45, 2.75) is 343 Å². The molecule has 0 aliphatic rings. The summed E-state index contributed by atoms with van der Waals surface area (Å²) >= 11 is 0. The first kappa shape index (κ1) is 67.2. The fourth-order valence-corrected chi connectivity index (χ4v) is 8.95. The van der Waals surface area contributed by atoms with Crippen LogP contribution in [0.5, 0.6) is 0 Å². The van der Waals surface area contributed by atoms with E-state index < -0.39 is 5.97 Å². The van der Waals surface area contributed by atoms with Crippen molar-refractivity contribution in [3.05, 3.63) is 0 Å². The first-order valence-corrected chi connectivity index (χ1v) is 29.3. The van der Waals surface area contributed by atoms with Gasteiger partial charge in [-0.1, -0.05) is 305 Å². The lowest BCUT2D eigenvalue weighted by Gasteiger charge is -2.17. The van der Waals surface area contributed by atoms with Gasteiger partial charge in [0.1, 0.15) is 0 Å². The molecular formula is C59H120O5. The van der Waals surface area contributed by atoms with Crippen molar-refractivity contribution in [3.63, 3.8) is 0 Å². The Hall–Kier alpha value is -1.10. The predicted octanol–water partition coefficient (Wildman–Crippen LogP) is 20.3. The number of carboxylic acid groups (broad SMARTS) is 1. The SMILES string of the molecule is CCCCCCCC(=O)O.CCCCCCCCCCC(CCCCCCCC)CCOC(=O)CCCCCCCC.CCCCCCCCCCC(CCO)CCCCCCCC. The highest BCUT2D eigenvalue weighted by Gasteiger charge is 2.11. The maximum Gasteiger partial charge on any atom is 0.305 e. The van der Waals surface area contributed by atoms with Crippen LogP contribution < -0.4 is 0 Å². The summed E-state index contributed by atoms with van der Waals surface area (Å²) in [5.41, 5.74) is 0. The van der Waals surface area contributed by atoms with E-state index in [4.69, 9.17) is 9.84 Å². The molecule has 0 saturated heterocycles. The van der Waals surface area contributed by atoms with Crippen molar-refractivity contribution in [1.29, 1.82) is 0 Å². The molecule has 0 spiro atoms. The van der Waals surface area contributed by atoms with Crippen molar-refractivity contribution in [2.75, 3.05) is 13.2 Å². The topological polar surface area (TPSA) is 83.8 Å². The van der Waals surface area contributed by atoms with Crippen molar-refractivity contribution >= 4 is 11.9 Å². The average molecular weight is 910 g/mol. The molecular weight excluding hydrogens is 789 g/mol. The molecule has 0 saturated carbocycles. The maximum atomic E-state index is 12.1. The van der Waals surface area contributed by atoms with Gasteiger partial charge >= 0.3 is 11.9 Å². The van der Waals surface area contributed by atoms with Crippen molar-refractivity contribution in [1.82, 2.24) is 0 Å². The van der Waals surface area contributed by atoms with E-state index in [-0.39, 0.29) is 5.97 Å². The summed E-state index contributed by atoms with van der Waals surface area (Å²) in [7, 11) is 0. The van der Waals surface area contributed by atoms with Crippen LogP contribution in [0.25, 0.3) is 0 Å². The van der Waals surface area contributed by atoms with Gasteiger partial charge in [0.25, 0.3) is 0 Å². The molecule has 0 radical (unpaired) electrons. The van der Waals surface area contributed by atoms with Gasteiger partial charge in [-0.2, -0.15) is 0 Å². The normalized spacial score (nSPS) is 12.0. The quantitative estimate of drug-likeness (QED) is 0.0469. The number of hydrogen-bond acceptors (Lipinski definition) is 4. The molecule has 2 atom stereocenters. The van der Waals surface area contributed by atoms with Gasteiger partial charge in [0.2, 0.25) is 0 Å². The Bertz CT molecular complexity index is 845. The van der Waals surface area contributed by atoms with E-state index in [1.54, 1.807) is 0 Å². The molecule has 0 aromatic rings. The molecule has 0 heterocycles. The van der Waals surface area contributed by atoms with Crippen LogP contribution in [0.4, 0.5) is 0 Å². The minimum atomic E-state index is -0.670. The number of aliphatic hydroxyl groups is 1. The van der Waals surface area contributed by atoms with Gasteiger partial charge in [0.15, 0.2) is 0 Å². The Balaban J connectivity index is -0.000000998. The number of ether oxygens (including phenoxy) is 1. The Kier molecular flexibility index (Phi) is 65.0. The average Bonchev–Trinajstić information content (AvgIpc) is 3.29. The second-order valence-electron chi connectivity index (χ2n) is 20.0. The number of esters is 1. The molecule has 386 valence electrons. The molecule has 5 nitrogen and oxygen atoms in total. The summed E-state index contributed by atoms with van der Waals surface area (Å²) in [4.78, 5) is 22.1. The lowest BCUT2D eigenvalue weighted by Crippen LogP contribution is -2.10. The second kappa shape index (κ2) is 61.9. The molecule has 5 heteroatoms. The van der Waals surface area contributed by atoms with Gasteiger partial charge in [-0.05, 0) is 37.5 Å². The second-order valence-corrected chi connectivity index (χ2v) is 20.0. The third-order valence-corrected chi connectivity index (χ3v) is 13.4. The molecule has 0 bridgehead atoms. The van der Waals surface area contributed by atoms with Crippen LogP contribution >= 0.6 is 0 Å². The lowest BCUT2D eigenvalue weighted by atomic mass is 9.91. The van der Waals surface area contributed by atoms with Crippen LogP contribution in [-0.2, 0) is 14.3 Å². The summed E-state index contributed by atoms with van der Waals surface area (Å²) in [6.45, 7) is 14.6. The zero-order valence-corrected chi connectivity index (χ0v) is 44.9. The first-order valence-electron chi connectivity index (χ1n) is 29.3. The standard InChI is InChI=1S/C30H60O2.C21H44O.C8H16O2/c1-4-7-10-13-16-17-19-22-25-29(24-21-18-14-11-8-5-2)27-28-32-30(31)26-23-20-15-12-9-6-3;1-3-5-7-9-11-12-14-16-18-21(19-20-22)17-15-13-10-8-6-4-2;1-2-3-4-5-6-7-8(9)10/h29H,4-28H2,1-3H3;21-22H,3-20H2,1-2H3;2-7H2,1H3,(H,9,10). The fourth-order valence-electron chi connectivity index (χ4n) is 8.95. The molecule has 0 amide bonds. The van der Waals surface area contributed by atoms with E-state index in [1.165, 1.54) is 257 Å². The van der Waals surface area contributed by atoms with Crippen molar-refractivity contribution in [3.8, 4) is 0 Å². The molecule has 0 aliphatic carbocycles. The lowest BCUT2D eigenvalue weighted by molar-refractivity contribution is -0.144. The van der Waals surface area contributed by atoms with Crippen LogP contribution in [-0.4, -0.2) is 35.4 Å². The number of unbranched alkanes of at least 4 members (excludes halogenated alkanes) is 33. The monoisotopic (exact) mass is 909 g/mol. The Morgan fingerprint density at radius 1 is 0.328 bits per heavy atom. The van der Waals surface area contributed by atoms with Crippen LogP contribution in [0.1, 0.15) is 343 Å². The summed E-state index contributed by atoms with van der Waals surface area (Å²) in [5.74, 6) is 0.904. The van der Waals surface area contributed by atoms with Gasteiger partial charge in [0.05, 0.1) is 6.61 Å². The number of carbonyl (C=O) groups excluding carboxylic acids is 1. The highest BCUT2D eigenvalue weighted by molar-refractivity contribution is 5.69. The number of carboxylic acids is 1. The smallest absolute Gasteiger partial charge is 0.305 e. The van der Waals surface area contributed by atoms with Gasteiger partial charge in [-0.25, -0.2) is 0 Å². The van der Waals surface area contributed by atoms with E-state index in [0.717, 1.165) is 43.9 Å². The molecule has 0 rings (SSSR count). The van der Waals surface area contributed by atoms with E-state index in [1.807, 2.05) is 0 Å². The van der Waals surface area contributed by atoms with Crippen LogP contribution in [0.2, 0.25) is 0 Å². The van der Waals surface area contributed by atoms with Crippen molar-refractivity contribution in [2.24, 2.45) is 11.8 Å². The van der Waals surface area contributed by atoms with E-state index in [2.05, 4.69) is 41.5 Å². The van der Waals surface area contributed by atoms with Gasteiger partial charge in [0, 0.05) is 19.4 Å². The Morgan fingerprint density at radius 2 is 0.578 bits per heavy atom. The first-order chi connectivity index (χ1) is 31.4. The van der Waals surface area contributed by atoms with Crippen molar-refractivity contribution < 1.29 is 24.5 Å². The number of aliphatic hydroxyl groups excluding tert-OH is 1. The van der Waals surface area contributed by atoms with E-state index in [9.17, 15) is 14.7 Å². The number of rotatable bonds is 50. The Morgan fingerprint density at radius 3 is 0.859 bits per heavy atom. The molecule has 0 aromatic carbocycles. The highest BCUT2D eigenvalue weighted by atomic mass is 16.5. The number of carbonyl (C=O) groups is 2. The molecule has 0 aromatic heterocycles. The largest absolute Gasteiger partial charge is 0.481 e. The zero-order valence-electron chi connectivity index (χ0n) is 44.9. The third-order valence-electron chi connectivity index (χ3n) is 13.4. The predicted molar refractivity (Wildman–Crippen MR) is 284 cm³/mol. The maximum absolute atomic E-state index is 12.1. The number of aliphatic carboxylic acids is 1. The fraction of sp³-hybridized carbons (Fsp3) is 0.966. The Labute approximate surface area is 403 Å². The summed E-state index contributed by atoms with van der Waals surface area (Å²) in [6.07, 6.45) is 60.3. The van der Waals surface area contributed by atoms with Crippen LogP contribution in [0, 0.1) is 11.8 Å². The summed E-state index contributed by atoms with van der Waals surface area (Å²) < 4.78 is 5.60. The minimum absolute atomic E-state index is 0.0332. The zero-order chi connectivity index (χ0) is 47.7. The minimum Gasteiger partial charge on any atom is -0.481 e. The third kappa shape index (κ3) is 63.0. The molecule has 2 unspecified atom stereocenters. The summed E-state index contributed by atoms with van der Waals surface area (Å²) in [6, 6.07) is 0. The highest BCUT2D eigenvalue weighted by Crippen LogP contribution is 2.24. The van der Waals surface area contributed by atoms with Gasteiger partial charge < -0.3 is 14.9 Å². The van der Waals surface area contributed by atoms with Crippen LogP contribution in [0.3, 0.4) is 0 Å². The number of hydrogen-bond donors (Lipinski definition) is 2. The summed E-state index contributed by atoms with van der Waals surface area (Å²) in [5, 5.41) is 17.5. The van der Waals surface area contributed by atoms with Crippen LogP contribution in [0.15, 0.2) is 0 Å². The van der Waals surface area contributed by atoms with Gasteiger partial charge in [-0.3, -0.25) is 9.59 Å². The molecule has 64 heavy (non-hydrogen) atoms. The van der Waals surface area contributed by atoms with E-state index >= 15 is 0 Å². The molecule has 0 aliphatic heterocycles.